The van der Waals surface area contributed by atoms with E-state index in [9.17, 15) is 4.39 Å². The Morgan fingerprint density at radius 1 is 1.14 bits per heavy atom. The molecule has 1 atom stereocenters. The smallest absolute Gasteiger partial charge is 0.128 e. The van der Waals surface area contributed by atoms with Crippen molar-refractivity contribution in [2.75, 3.05) is 6.54 Å². The van der Waals surface area contributed by atoms with Crippen LogP contribution in [0.2, 0.25) is 10.0 Å². The van der Waals surface area contributed by atoms with Gasteiger partial charge in [-0.2, -0.15) is 0 Å². The zero-order chi connectivity index (χ0) is 15.4. The Labute approximate surface area is 135 Å². The van der Waals surface area contributed by atoms with Crippen LogP contribution in [-0.2, 0) is 0 Å². The first-order valence-electron chi connectivity index (χ1n) is 6.98. The first-order chi connectivity index (χ1) is 10.0. The normalized spacial score (nSPS) is 12.4. The van der Waals surface area contributed by atoms with Gasteiger partial charge in [0, 0.05) is 21.2 Å². The first-order valence-corrected chi connectivity index (χ1v) is 7.73. The summed E-state index contributed by atoms with van der Waals surface area (Å²) in [4.78, 5) is 0. The minimum absolute atomic E-state index is 0.259. The maximum Gasteiger partial charge on any atom is 0.128 e. The van der Waals surface area contributed by atoms with Crippen molar-refractivity contribution in [3.63, 3.8) is 0 Å². The Morgan fingerprint density at radius 2 is 1.81 bits per heavy atom. The number of rotatable bonds is 5. The van der Waals surface area contributed by atoms with Gasteiger partial charge in [-0.1, -0.05) is 53.9 Å². The van der Waals surface area contributed by atoms with E-state index >= 15 is 0 Å². The second-order valence-electron chi connectivity index (χ2n) is 5.05. The summed E-state index contributed by atoms with van der Waals surface area (Å²) in [6, 6.07) is 10.1. The van der Waals surface area contributed by atoms with Crippen molar-refractivity contribution in [2.45, 2.75) is 26.3 Å². The highest BCUT2D eigenvalue weighted by Gasteiger charge is 2.22. The van der Waals surface area contributed by atoms with Gasteiger partial charge in [0.25, 0.3) is 0 Å². The van der Waals surface area contributed by atoms with Gasteiger partial charge in [0.2, 0.25) is 0 Å². The molecule has 2 rings (SSSR count). The van der Waals surface area contributed by atoms with E-state index in [1.54, 1.807) is 24.3 Å². The molecule has 2 aromatic carbocycles. The Morgan fingerprint density at radius 3 is 2.43 bits per heavy atom. The van der Waals surface area contributed by atoms with Gasteiger partial charge in [0.1, 0.15) is 5.82 Å². The highest BCUT2D eigenvalue weighted by Crippen LogP contribution is 2.35. The van der Waals surface area contributed by atoms with Crippen LogP contribution in [0.1, 0.15) is 36.1 Å². The number of halogens is 3. The second kappa shape index (κ2) is 7.26. The van der Waals surface area contributed by atoms with E-state index in [0.29, 0.717) is 15.6 Å². The van der Waals surface area contributed by atoms with Crippen molar-refractivity contribution in [1.82, 2.24) is 5.32 Å². The van der Waals surface area contributed by atoms with Crippen LogP contribution >= 0.6 is 23.2 Å². The van der Waals surface area contributed by atoms with Gasteiger partial charge in [-0.3, -0.25) is 0 Å². The van der Waals surface area contributed by atoms with E-state index in [1.807, 2.05) is 13.0 Å². The minimum atomic E-state index is -0.356. The standard InChI is InChI=1S/C17H18Cl2FN/c1-3-9-21-17(12-10-11(2)7-8-15(12)20)16-13(18)5-4-6-14(16)19/h4-8,10,17,21H,3,9H2,1-2H3. The predicted octanol–water partition coefficient (Wildman–Crippen LogP) is 5.53. The van der Waals surface area contributed by atoms with Crippen molar-refractivity contribution in [2.24, 2.45) is 0 Å². The molecule has 0 aliphatic rings. The predicted molar refractivity (Wildman–Crippen MR) is 87.7 cm³/mol. The molecule has 0 heterocycles. The van der Waals surface area contributed by atoms with Gasteiger partial charge in [-0.15, -0.1) is 0 Å². The molecule has 0 bridgehead atoms. The van der Waals surface area contributed by atoms with E-state index in [1.165, 1.54) is 6.07 Å². The van der Waals surface area contributed by atoms with Gasteiger partial charge >= 0.3 is 0 Å². The van der Waals surface area contributed by atoms with Crippen LogP contribution < -0.4 is 5.32 Å². The van der Waals surface area contributed by atoms with E-state index in [-0.39, 0.29) is 11.9 Å². The van der Waals surface area contributed by atoms with Crippen LogP contribution in [0.25, 0.3) is 0 Å². The highest BCUT2D eigenvalue weighted by molar-refractivity contribution is 6.36. The van der Waals surface area contributed by atoms with Crippen LogP contribution in [0.5, 0.6) is 0 Å². The third kappa shape index (κ3) is 3.76. The molecule has 112 valence electrons. The first kappa shape index (κ1) is 16.3. The zero-order valence-corrected chi connectivity index (χ0v) is 13.6. The largest absolute Gasteiger partial charge is 0.306 e. The quantitative estimate of drug-likeness (QED) is 0.762. The summed E-state index contributed by atoms with van der Waals surface area (Å²) in [6.07, 6.45) is 0.937. The molecule has 0 saturated carbocycles. The summed E-state index contributed by atoms with van der Waals surface area (Å²) < 4.78 is 14.3. The van der Waals surface area contributed by atoms with Crippen LogP contribution in [-0.4, -0.2) is 6.54 Å². The van der Waals surface area contributed by atoms with Crippen LogP contribution in [0.3, 0.4) is 0 Å². The van der Waals surface area contributed by atoms with Crippen molar-refractivity contribution in [3.05, 3.63) is 69.0 Å². The molecule has 0 aromatic heterocycles. The lowest BCUT2D eigenvalue weighted by Crippen LogP contribution is -2.25. The van der Waals surface area contributed by atoms with Crippen LogP contribution in [0.15, 0.2) is 36.4 Å². The molecule has 1 N–H and O–H groups in total. The van der Waals surface area contributed by atoms with E-state index in [4.69, 9.17) is 23.2 Å². The fourth-order valence-electron chi connectivity index (χ4n) is 2.33. The number of hydrogen-bond acceptors (Lipinski definition) is 1. The van der Waals surface area contributed by atoms with Gasteiger partial charge in [-0.05, 0) is 38.1 Å². The van der Waals surface area contributed by atoms with Crippen molar-refractivity contribution in [1.29, 1.82) is 0 Å². The number of hydrogen-bond donors (Lipinski definition) is 1. The lowest BCUT2D eigenvalue weighted by Gasteiger charge is -2.22. The molecule has 0 radical (unpaired) electrons. The Kier molecular flexibility index (Phi) is 5.63. The van der Waals surface area contributed by atoms with E-state index < -0.39 is 0 Å². The second-order valence-corrected chi connectivity index (χ2v) is 5.86. The fraction of sp³-hybridized carbons (Fsp3) is 0.294. The van der Waals surface area contributed by atoms with Gasteiger partial charge in [0.05, 0.1) is 6.04 Å². The third-order valence-corrected chi connectivity index (χ3v) is 4.01. The third-order valence-electron chi connectivity index (χ3n) is 3.35. The summed E-state index contributed by atoms with van der Waals surface area (Å²) in [6.45, 7) is 4.75. The average Bonchev–Trinajstić information content (AvgIpc) is 2.45. The summed E-state index contributed by atoms with van der Waals surface area (Å²) in [7, 11) is 0. The minimum Gasteiger partial charge on any atom is -0.306 e. The zero-order valence-electron chi connectivity index (χ0n) is 12.1. The SMILES string of the molecule is CCCNC(c1cc(C)ccc1F)c1c(Cl)cccc1Cl. The van der Waals surface area contributed by atoms with Gasteiger partial charge in [-0.25, -0.2) is 4.39 Å². The molecule has 0 fully saturated rings. The molecular formula is C17H18Cl2FN. The van der Waals surface area contributed by atoms with Gasteiger partial charge < -0.3 is 5.32 Å². The van der Waals surface area contributed by atoms with Crippen molar-refractivity contribution >= 4 is 23.2 Å². The highest BCUT2D eigenvalue weighted by atomic mass is 35.5. The Hall–Kier alpha value is -1.09. The summed E-state index contributed by atoms with van der Waals surface area (Å²) >= 11 is 12.6. The fourth-order valence-corrected chi connectivity index (χ4v) is 2.94. The molecule has 0 saturated heterocycles. The lowest BCUT2D eigenvalue weighted by atomic mass is 9.96. The molecule has 1 unspecified atom stereocenters. The lowest BCUT2D eigenvalue weighted by molar-refractivity contribution is 0.546. The molecular weight excluding hydrogens is 308 g/mol. The number of aryl methyl sites for hydroxylation is 1. The molecule has 0 amide bonds. The van der Waals surface area contributed by atoms with Crippen LogP contribution in [0.4, 0.5) is 4.39 Å². The van der Waals surface area contributed by atoms with Crippen molar-refractivity contribution < 1.29 is 4.39 Å². The van der Waals surface area contributed by atoms with Crippen LogP contribution in [0, 0.1) is 12.7 Å². The summed E-state index contributed by atoms with van der Waals surface area (Å²) in [5.74, 6) is -0.259. The summed E-state index contributed by atoms with van der Waals surface area (Å²) in [5, 5.41) is 4.42. The molecule has 2 aromatic rings. The summed E-state index contributed by atoms with van der Waals surface area (Å²) in [5.41, 5.74) is 2.29. The average molecular weight is 326 g/mol. The molecule has 21 heavy (non-hydrogen) atoms. The maximum atomic E-state index is 14.3. The Balaban J connectivity index is 2.55. The van der Waals surface area contributed by atoms with E-state index in [2.05, 4.69) is 12.2 Å². The topological polar surface area (TPSA) is 12.0 Å². The molecule has 0 spiro atoms. The molecule has 0 aliphatic carbocycles. The maximum absolute atomic E-state index is 14.3. The van der Waals surface area contributed by atoms with E-state index in [0.717, 1.165) is 24.1 Å². The number of nitrogens with one attached hydrogen (secondary N) is 1. The van der Waals surface area contributed by atoms with Crippen molar-refractivity contribution in [3.8, 4) is 0 Å². The molecule has 4 heteroatoms. The monoisotopic (exact) mass is 325 g/mol. The molecule has 0 aliphatic heterocycles. The Bertz CT molecular complexity index is 608. The molecule has 1 nitrogen and oxygen atoms in total. The van der Waals surface area contributed by atoms with Gasteiger partial charge in [0.15, 0.2) is 0 Å². The number of benzene rings is 2.